The van der Waals surface area contributed by atoms with Gasteiger partial charge in [0.15, 0.2) is 0 Å². The molecule has 3 N–H and O–H groups in total. The number of hydrogen-bond acceptors (Lipinski definition) is 4. The van der Waals surface area contributed by atoms with Crippen LogP contribution in [0, 0.1) is 6.92 Å². The summed E-state index contributed by atoms with van der Waals surface area (Å²) in [6.45, 7) is 3.96. The Hall–Kier alpha value is -3.05. The van der Waals surface area contributed by atoms with Gasteiger partial charge in [-0.1, -0.05) is 30.3 Å². The highest BCUT2D eigenvalue weighted by molar-refractivity contribution is 5.91. The molecule has 0 bridgehead atoms. The van der Waals surface area contributed by atoms with Crippen LogP contribution in [-0.4, -0.2) is 16.2 Å². The van der Waals surface area contributed by atoms with Gasteiger partial charge in [-0.3, -0.25) is 0 Å². The molecule has 0 amide bonds. The number of carboxylic acid groups (broad SMARTS) is 1. The highest BCUT2D eigenvalue weighted by Crippen LogP contribution is 2.25. The largest absolute Gasteiger partial charge is 0.478 e. The first-order chi connectivity index (χ1) is 12.5. The molecule has 2 aromatic carbocycles. The van der Waals surface area contributed by atoms with E-state index in [1.54, 1.807) is 26.0 Å². The van der Waals surface area contributed by atoms with Gasteiger partial charge in [0.05, 0.1) is 18.2 Å². The predicted octanol–water partition coefficient (Wildman–Crippen LogP) is 4.62. The number of hydrogen-bond donors (Lipinski definition) is 3. The molecule has 1 unspecified atom stereocenters. The van der Waals surface area contributed by atoms with E-state index in [1.807, 2.05) is 42.5 Å². The normalized spacial score (nSPS) is 12.0. The topological polar surface area (TPSA) is 82.7 Å². The highest BCUT2D eigenvalue weighted by atomic mass is 16.4. The third kappa shape index (κ3) is 3.78. The maximum absolute atomic E-state index is 11.2. The lowest BCUT2D eigenvalue weighted by molar-refractivity contribution is 0.0696. The first-order valence-electron chi connectivity index (χ1n) is 8.39. The van der Waals surface area contributed by atoms with Crippen molar-refractivity contribution in [3.63, 3.8) is 0 Å². The highest BCUT2D eigenvalue weighted by Gasteiger charge is 2.11. The summed E-state index contributed by atoms with van der Waals surface area (Å²) in [5, 5.41) is 22.0. The van der Waals surface area contributed by atoms with Gasteiger partial charge in [0.1, 0.15) is 11.5 Å². The quantitative estimate of drug-likeness (QED) is 0.604. The van der Waals surface area contributed by atoms with Crippen molar-refractivity contribution in [2.24, 2.45) is 0 Å². The van der Waals surface area contributed by atoms with Crippen molar-refractivity contribution < 1.29 is 19.4 Å². The molecule has 1 atom stereocenters. The second-order valence-electron chi connectivity index (χ2n) is 6.20. The minimum Gasteiger partial charge on any atom is -0.478 e. The first kappa shape index (κ1) is 17.8. The minimum atomic E-state index is -0.938. The van der Waals surface area contributed by atoms with Crippen molar-refractivity contribution in [3.05, 3.63) is 77.0 Å². The summed E-state index contributed by atoms with van der Waals surface area (Å²) < 4.78 is 5.87. The molecule has 0 aliphatic heterocycles. The van der Waals surface area contributed by atoms with Crippen molar-refractivity contribution in [2.75, 3.05) is 5.32 Å². The summed E-state index contributed by atoms with van der Waals surface area (Å²) in [7, 11) is 0. The van der Waals surface area contributed by atoms with E-state index in [-0.39, 0.29) is 5.56 Å². The molecule has 0 spiro atoms. The Labute approximate surface area is 151 Å². The van der Waals surface area contributed by atoms with E-state index < -0.39 is 12.1 Å². The molecule has 0 aliphatic rings. The second kappa shape index (κ2) is 7.45. The van der Waals surface area contributed by atoms with Crippen LogP contribution in [-0.2, 0) is 6.54 Å². The van der Waals surface area contributed by atoms with Crippen LogP contribution >= 0.6 is 0 Å². The number of benzene rings is 2. The lowest BCUT2D eigenvalue weighted by Gasteiger charge is -2.10. The number of carbonyl (C=O) groups is 1. The van der Waals surface area contributed by atoms with Crippen molar-refractivity contribution in [1.29, 1.82) is 0 Å². The van der Waals surface area contributed by atoms with Crippen molar-refractivity contribution in [2.45, 2.75) is 26.5 Å². The Balaban J connectivity index is 1.71. The Kier molecular flexibility index (Phi) is 5.09. The molecule has 0 radical (unpaired) electrons. The lowest BCUT2D eigenvalue weighted by atomic mass is 10.1. The maximum Gasteiger partial charge on any atom is 0.336 e. The van der Waals surface area contributed by atoms with Crippen LogP contribution in [0.5, 0.6) is 0 Å². The van der Waals surface area contributed by atoms with E-state index in [0.717, 1.165) is 28.3 Å². The van der Waals surface area contributed by atoms with Crippen LogP contribution in [0.1, 0.15) is 40.3 Å². The van der Waals surface area contributed by atoms with Gasteiger partial charge < -0.3 is 19.9 Å². The van der Waals surface area contributed by atoms with Crippen molar-refractivity contribution in [1.82, 2.24) is 0 Å². The van der Waals surface area contributed by atoms with Crippen molar-refractivity contribution in [3.8, 4) is 11.3 Å². The minimum absolute atomic E-state index is 0.285. The molecule has 1 aromatic heterocycles. The van der Waals surface area contributed by atoms with E-state index >= 15 is 0 Å². The third-order valence-corrected chi connectivity index (χ3v) is 4.36. The SMILES string of the molecule is Cc1c(NCc2ccc(-c3ccc(C(C)O)cc3)o2)cccc1C(=O)O. The first-order valence-corrected chi connectivity index (χ1v) is 8.39. The van der Waals surface area contributed by atoms with Gasteiger partial charge in [-0.05, 0) is 49.2 Å². The van der Waals surface area contributed by atoms with Crippen LogP contribution in [0.2, 0.25) is 0 Å². The van der Waals surface area contributed by atoms with Gasteiger partial charge in [0, 0.05) is 11.3 Å². The maximum atomic E-state index is 11.2. The fraction of sp³-hybridized carbons (Fsp3) is 0.190. The number of furan rings is 1. The standard InChI is InChI=1S/C21H21NO4/c1-13-18(21(24)25)4-3-5-19(13)22-12-17-10-11-20(26-17)16-8-6-15(7-9-16)14(2)23/h3-11,14,22-23H,12H2,1-2H3,(H,24,25). The van der Waals surface area contributed by atoms with Crippen LogP contribution < -0.4 is 5.32 Å². The fourth-order valence-corrected chi connectivity index (χ4v) is 2.80. The lowest BCUT2D eigenvalue weighted by Crippen LogP contribution is -2.05. The smallest absolute Gasteiger partial charge is 0.336 e. The van der Waals surface area contributed by atoms with E-state index in [0.29, 0.717) is 12.1 Å². The molecule has 0 aliphatic carbocycles. The number of nitrogens with one attached hydrogen (secondary N) is 1. The summed E-state index contributed by atoms with van der Waals surface area (Å²) in [6.07, 6.45) is -0.495. The molecular weight excluding hydrogens is 330 g/mol. The van der Waals surface area contributed by atoms with Crippen LogP contribution in [0.4, 0.5) is 5.69 Å². The summed E-state index contributed by atoms with van der Waals surface area (Å²) in [5.41, 5.74) is 3.54. The molecule has 5 heteroatoms. The zero-order valence-electron chi connectivity index (χ0n) is 14.7. The molecule has 5 nitrogen and oxygen atoms in total. The summed E-state index contributed by atoms with van der Waals surface area (Å²) in [5.74, 6) is 0.557. The molecule has 3 rings (SSSR count). The molecule has 134 valence electrons. The molecule has 3 aromatic rings. The van der Waals surface area contributed by atoms with E-state index in [9.17, 15) is 15.0 Å². The number of rotatable bonds is 6. The Morgan fingerprint density at radius 3 is 2.50 bits per heavy atom. The van der Waals surface area contributed by atoms with Gasteiger partial charge in [0.25, 0.3) is 0 Å². The molecule has 1 heterocycles. The van der Waals surface area contributed by atoms with E-state index in [4.69, 9.17) is 4.42 Å². The molecule has 0 saturated carbocycles. The van der Waals surface area contributed by atoms with Crippen LogP contribution in [0.15, 0.2) is 59.0 Å². The monoisotopic (exact) mass is 351 g/mol. The zero-order chi connectivity index (χ0) is 18.7. The van der Waals surface area contributed by atoms with E-state index in [2.05, 4.69) is 5.32 Å². The molecular formula is C21H21NO4. The average Bonchev–Trinajstić information content (AvgIpc) is 3.09. The van der Waals surface area contributed by atoms with Gasteiger partial charge in [-0.25, -0.2) is 4.79 Å². The summed E-state index contributed by atoms with van der Waals surface area (Å²) in [4.78, 5) is 11.2. The molecule has 26 heavy (non-hydrogen) atoms. The third-order valence-electron chi connectivity index (χ3n) is 4.36. The fourth-order valence-electron chi connectivity index (χ4n) is 2.80. The summed E-state index contributed by atoms with van der Waals surface area (Å²) >= 11 is 0. The van der Waals surface area contributed by atoms with Crippen LogP contribution in [0.3, 0.4) is 0 Å². The van der Waals surface area contributed by atoms with Gasteiger partial charge in [0.2, 0.25) is 0 Å². The second-order valence-corrected chi connectivity index (χ2v) is 6.20. The van der Waals surface area contributed by atoms with Gasteiger partial charge in [-0.2, -0.15) is 0 Å². The van der Waals surface area contributed by atoms with E-state index in [1.165, 1.54) is 0 Å². The Morgan fingerprint density at radius 1 is 1.12 bits per heavy atom. The van der Waals surface area contributed by atoms with Gasteiger partial charge in [-0.15, -0.1) is 0 Å². The number of aliphatic hydroxyl groups is 1. The predicted molar refractivity (Wildman–Crippen MR) is 100 cm³/mol. The average molecular weight is 351 g/mol. The zero-order valence-corrected chi connectivity index (χ0v) is 14.7. The van der Waals surface area contributed by atoms with Crippen LogP contribution in [0.25, 0.3) is 11.3 Å². The number of carboxylic acids is 1. The number of aliphatic hydroxyl groups excluding tert-OH is 1. The molecule has 0 fully saturated rings. The molecule has 0 saturated heterocycles. The number of anilines is 1. The summed E-state index contributed by atoms with van der Waals surface area (Å²) in [6, 6.07) is 16.5. The van der Waals surface area contributed by atoms with Gasteiger partial charge >= 0.3 is 5.97 Å². The van der Waals surface area contributed by atoms with Crippen molar-refractivity contribution >= 4 is 11.7 Å². The Morgan fingerprint density at radius 2 is 1.85 bits per heavy atom. The number of aromatic carboxylic acids is 1. The Bertz CT molecular complexity index is 910.